The van der Waals surface area contributed by atoms with Crippen LogP contribution in [0.3, 0.4) is 0 Å². The van der Waals surface area contributed by atoms with E-state index in [0.29, 0.717) is 29.6 Å². The molecule has 0 aliphatic carbocycles. The number of fused-ring (bicyclic) bond motifs is 1. The number of aromatic amines is 1. The number of carbonyl (C=O) groups is 1. The van der Waals surface area contributed by atoms with Gasteiger partial charge in [-0.15, -0.1) is 0 Å². The summed E-state index contributed by atoms with van der Waals surface area (Å²) in [6.07, 6.45) is 1.82. The number of nitrogens with one attached hydrogen (secondary N) is 2. The van der Waals surface area contributed by atoms with Crippen molar-refractivity contribution in [3.05, 3.63) is 33.7 Å². The third-order valence-corrected chi connectivity index (χ3v) is 5.12. The summed E-state index contributed by atoms with van der Waals surface area (Å²) in [6, 6.07) is 3.56. The molecule has 132 valence electrons. The van der Waals surface area contributed by atoms with Crippen LogP contribution in [0.1, 0.15) is 43.2 Å². The number of H-pyrrole nitrogens is 1. The molecule has 0 unspecified atom stereocenters. The summed E-state index contributed by atoms with van der Waals surface area (Å²) < 4.78 is 5.95. The van der Waals surface area contributed by atoms with Crippen LogP contribution in [0.2, 0.25) is 0 Å². The van der Waals surface area contributed by atoms with Gasteiger partial charge in [-0.1, -0.05) is 20.8 Å². The van der Waals surface area contributed by atoms with Gasteiger partial charge in [0, 0.05) is 36.9 Å². The molecule has 0 bridgehead atoms. The molecule has 3 atom stereocenters. The maximum absolute atomic E-state index is 12.6. The lowest BCUT2D eigenvalue weighted by atomic mass is 10.0. The molecular formula is C18H27N3O3. The van der Waals surface area contributed by atoms with E-state index in [9.17, 15) is 9.59 Å². The van der Waals surface area contributed by atoms with Crippen LogP contribution in [0.5, 0.6) is 0 Å². The summed E-state index contributed by atoms with van der Waals surface area (Å²) in [7, 11) is 0. The van der Waals surface area contributed by atoms with Crippen molar-refractivity contribution in [2.45, 2.75) is 51.8 Å². The molecule has 1 aromatic rings. The van der Waals surface area contributed by atoms with Crippen molar-refractivity contribution < 1.29 is 9.53 Å². The highest BCUT2D eigenvalue weighted by molar-refractivity contribution is 5.95. The summed E-state index contributed by atoms with van der Waals surface area (Å²) in [6.45, 7) is 8.85. The summed E-state index contributed by atoms with van der Waals surface area (Å²) in [5.41, 5.74) is 1.09. The quantitative estimate of drug-likeness (QED) is 0.867. The Morgan fingerprint density at radius 3 is 2.92 bits per heavy atom. The lowest BCUT2D eigenvalue weighted by molar-refractivity contribution is -0.0683. The number of morpholine rings is 1. The fraction of sp³-hybridized carbons (Fsp3) is 0.667. The zero-order valence-corrected chi connectivity index (χ0v) is 14.7. The number of carbonyl (C=O) groups excluding carboxylic acids is 1. The van der Waals surface area contributed by atoms with Crippen molar-refractivity contribution in [3.8, 4) is 0 Å². The van der Waals surface area contributed by atoms with E-state index in [1.54, 1.807) is 6.07 Å². The van der Waals surface area contributed by atoms with Gasteiger partial charge < -0.3 is 15.0 Å². The standard InChI is InChI=1S/C18H27N3O3/c1-4-15-14(5-6-17(22)20-15)18(23)19-12-7-13-10-24-16(11(2)3)9-21(13)8-12/h5-6,11-13,16H,4,7-10H2,1-3H3,(H,19,23)(H,20,22)/t12-,13-,16+/m0/s1. The number of aryl methyl sites for hydroxylation is 1. The van der Waals surface area contributed by atoms with Crippen LogP contribution in [0.4, 0.5) is 0 Å². The van der Waals surface area contributed by atoms with Gasteiger partial charge in [0.25, 0.3) is 5.91 Å². The monoisotopic (exact) mass is 333 g/mol. The Balaban J connectivity index is 1.63. The topological polar surface area (TPSA) is 74.4 Å². The molecule has 2 aliphatic heterocycles. The van der Waals surface area contributed by atoms with E-state index < -0.39 is 0 Å². The summed E-state index contributed by atoms with van der Waals surface area (Å²) >= 11 is 0. The van der Waals surface area contributed by atoms with E-state index in [0.717, 1.165) is 26.1 Å². The van der Waals surface area contributed by atoms with Gasteiger partial charge in [0.15, 0.2) is 0 Å². The SMILES string of the molecule is CCc1[nH]c(=O)ccc1C(=O)N[C@H]1C[C@H]2CO[C@@H](C(C)C)CN2C1. The second kappa shape index (κ2) is 7.07. The van der Waals surface area contributed by atoms with Crippen LogP contribution < -0.4 is 10.9 Å². The minimum Gasteiger partial charge on any atom is -0.375 e. The maximum Gasteiger partial charge on any atom is 0.253 e. The highest BCUT2D eigenvalue weighted by atomic mass is 16.5. The van der Waals surface area contributed by atoms with Crippen molar-refractivity contribution >= 4 is 5.91 Å². The normalized spacial score (nSPS) is 27.2. The number of nitrogens with zero attached hydrogens (tertiary/aromatic N) is 1. The minimum atomic E-state index is -0.168. The molecule has 0 saturated carbocycles. The summed E-state index contributed by atoms with van der Waals surface area (Å²) in [5.74, 6) is 0.405. The fourth-order valence-corrected chi connectivity index (χ4v) is 3.68. The Labute approximate surface area is 142 Å². The van der Waals surface area contributed by atoms with Gasteiger partial charge in [-0.05, 0) is 24.8 Å². The molecular weight excluding hydrogens is 306 g/mol. The number of aromatic nitrogens is 1. The van der Waals surface area contributed by atoms with E-state index in [4.69, 9.17) is 4.74 Å². The van der Waals surface area contributed by atoms with Gasteiger partial charge in [0.2, 0.25) is 5.56 Å². The van der Waals surface area contributed by atoms with Crippen LogP contribution in [0.15, 0.2) is 16.9 Å². The van der Waals surface area contributed by atoms with Crippen LogP contribution in [-0.4, -0.2) is 53.7 Å². The second-order valence-electron chi connectivity index (χ2n) is 7.20. The molecule has 2 N–H and O–H groups in total. The highest BCUT2D eigenvalue weighted by Gasteiger charge is 2.38. The first kappa shape index (κ1) is 17.2. The Bertz CT molecular complexity index is 655. The molecule has 1 aromatic heterocycles. The molecule has 6 heteroatoms. The first-order valence-electron chi connectivity index (χ1n) is 8.86. The van der Waals surface area contributed by atoms with Crippen molar-refractivity contribution in [1.29, 1.82) is 0 Å². The molecule has 24 heavy (non-hydrogen) atoms. The molecule has 0 aromatic carbocycles. The number of amides is 1. The summed E-state index contributed by atoms with van der Waals surface area (Å²) in [5, 5.41) is 3.13. The van der Waals surface area contributed by atoms with E-state index >= 15 is 0 Å². The molecule has 0 radical (unpaired) electrons. The molecule has 0 spiro atoms. The zero-order valence-electron chi connectivity index (χ0n) is 14.7. The molecule has 2 saturated heterocycles. The van der Waals surface area contributed by atoms with Gasteiger partial charge in [-0.25, -0.2) is 0 Å². The molecule has 6 nitrogen and oxygen atoms in total. The van der Waals surface area contributed by atoms with Gasteiger partial charge in [0.1, 0.15) is 0 Å². The predicted octanol–water partition coefficient (Wildman–Crippen LogP) is 1.16. The van der Waals surface area contributed by atoms with E-state index in [-0.39, 0.29) is 23.6 Å². The van der Waals surface area contributed by atoms with Crippen LogP contribution in [-0.2, 0) is 11.2 Å². The third-order valence-electron chi connectivity index (χ3n) is 5.12. The first-order chi connectivity index (χ1) is 11.5. The second-order valence-corrected chi connectivity index (χ2v) is 7.20. The first-order valence-corrected chi connectivity index (χ1v) is 8.86. The Kier molecular flexibility index (Phi) is 5.06. The average Bonchev–Trinajstić information content (AvgIpc) is 2.95. The van der Waals surface area contributed by atoms with Crippen molar-refractivity contribution in [1.82, 2.24) is 15.2 Å². The van der Waals surface area contributed by atoms with Gasteiger partial charge >= 0.3 is 0 Å². The molecule has 1 amide bonds. The smallest absolute Gasteiger partial charge is 0.253 e. The van der Waals surface area contributed by atoms with E-state index in [1.165, 1.54) is 6.07 Å². The number of ether oxygens (including phenoxy) is 1. The van der Waals surface area contributed by atoms with Crippen LogP contribution in [0, 0.1) is 5.92 Å². The van der Waals surface area contributed by atoms with Crippen LogP contribution >= 0.6 is 0 Å². The minimum absolute atomic E-state index is 0.103. The maximum atomic E-state index is 12.6. The highest BCUT2D eigenvalue weighted by Crippen LogP contribution is 2.26. The molecule has 2 fully saturated rings. The summed E-state index contributed by atoms with van der Waals surface area (Å²) in [4.78, 5) is 29.2. The fourth-order valence-electron chi connectivity index (χ4n) is 3.68. The number of hydrogen-bond donors (Lipinski definition) is 2. The largest absolute Gasteiger partial charge is 0.375 e. The molecule has 3 heterocycles. The lowest BCUT2D eigenvalue weighted by Gasteiger charge is -2.36. The Morgan fingerprint density at radius 2 is 2.21 bits per heavy atom. The van der Waals surface area contributed by atoms with Crippen molar-refractivity contribution in [2.75, 3.05) is 19.7 Å². The van der Waals surface area contributed by atoms with E-state index in [1.807, 2.05) is 6.92 Å². The number of rotatable bonds is 4. The average molecular weight is 333 g/mol. The van der Waals surface area contributed by atoms with Gasteiger partial charge in [-0.3, -0.25) is 14.5 Å². The van der Waals surface area contributed by atoms with Crippen LogP contribution in [0.25, 0.3) is 0 Å². The number of pyridine rings is 1. The van der Waals surface area contributed by atoms with Crippen molar-refractivity contribution in [3.63, 3.8) is 0 Å². The number of hydrogen-bond acceptors (Lipinski definition) is 4. The Hall–Kier alpha value is -1.66. The van der Waals surface area contributed by atoms with E-state index in [2.05, 4.69) is 29.0 Å². The zero-order chi connectivity index (χ0) is 17.3. The molecule has 2 aliphatic rings. The predicted molar refractivity (Wildman–Crippen MR) is 92.3 cm³/mol. The van der Waals surface area contributed by atoms with Crippen molar-refractivity contribution in [2.24, 2.45) is 5.92 Å². The molecule has 3 rings (SSSR count). The lowest BCUT2D eigenvalue weighted by Crippen LogP contribution is -2.48. The third kappa shape index (κ3) is 3.54. The Morgan fingerprint density at radius 1 is 1.42 bits per heavy atom. The van der Waals surface area contributed by atoms with Gasteiger partial charge in [0.05, 0.1) is 18.3 Å². The van der Waals surface area contributed by atoms with Gasteiger partial charge in [-0.2, -0.15) is 0 Å².